The third-order valence-corrected chi connectivity index (χ3v) is 4.82. The molecule has 0 aliphatic rings. The number of methoxy groups -OCH3 is 2. The Bertz CT molecular complexity index is 1160. The Labute approximate surface area is 163 Å². The Kier molecular flexibility index (Phi) is 4.55. The van der Waals surface area contributed by atoms with Gasteiger partial charge in [-0.25, -0.2) is 4.98 Å². The number of ether oxygens (including phenoxy) is 2. The molecule has 0 aliphatic heterocycles. The minimum atomic E-state index is 0.412. The average molecular weight is 377 g/mol. The van der Waals surface area contributed by atoms with E-state index in [1.165, 1.54) is 0 Å². The summed E-state index contributed by atoms with van der Waals surface area (Å²) in [7, 11) is 3.23. The van der Waals surface area contributed by atoms with Gasteiger partial charge in [0.15, 0.2) is 17.0 Å². The summed E-state index contributed by atoms with van der Waals surface area (Å²) in [5, 5.41) is 13.4. The summed E-state index contributed by atoms with van der Waals surface area (Å²) in [6.45, 7) is 5.12. The normalized spacial score (nSPS) is 11.5. The van der Waals surface area contributed by atoms with Crippen molar-refractivity contribution < 1.29 is 14.2 Å². The van der Waals surface area contributed by atoms with Crippen molar-refractivity contribution in [2.24, 2.45) is 5.92 Å². The molecule has 2 aromatic heterocycles. The van der Waals surface area contributed by atoms with Gasteiger partial charge in [-0.3, -0.25) is 0 Å². The van der Waals surface area contributed by atoms with Crippen LogP contribution < -0.4 is 14.2 Å². The van der Waals surface area contributed by atoms with Crippen LogP contribution in [-0.4, -0.2) is 23.8 Å². The largest absolute Gasteiger partial charge is 0.618 e. The third kappa shape index (κ3) is 2.91. The van der Waals surface area contributed by atoms with Crippen molar-refractivity contribution in [3.8, 4) is 22.9 Å². The first-order chi connectivity index (χ1) is 13.5. The summed E-state index contributed by atoms with van der Waals surface area (Å²) in [5.41, 5.74) is 3.20. The highest BCUT2D eigenvalue weighted by Gasteiger charge is 2.21. The Morgan fingerprint density at radius 2 is 1.82 bits per heavy atom. The minimum absolute atomic E-state index is 0.412. The molecule has 0 N–H and O–H groups in total. The fraction of sp³-hybridized carbons (Fsp3) is 0.273. The number of aromatic nitrogens is 3. The SMILES string of the molecule is COc1ccc(-c2nc3c[n+]([O-])c4ccccc4c3n2CC(C)C)cc1OC. The van der Waals surface area contributed by atoms with Crippen molar-refractivity contribution in [1.29, 1.82) is 0 Å². The lowest BCUT2D eigenvalue weighted by Crippen LogP contribution is -2.26. The topological polar surface area (TPSA) is 63.2 Å². The van der Waals surface area contributed by atoms with E-state index in [0.29, 0.717) is 28.5 Å². The maximum atomic E-state index is 12.5. The molecule has 0 aliphatic carbocycles. The van der Waals surface area contributed by atoms with Crippen LogP contribution in [0.15, 0.2) is 48.7 Å². The molecule has 0 fully saturated rings. The molecular formula is C22H23N3O3. The summed E-state index contributed by atoms with van der Waals surface area (Å²) in [6.07, 6.45) is 1.55. The van der Waals surface area contributed by atoms with E-state index < -0.39 is 0 Å². The zero-order valence-electron chi connectivity index (χ0n) is 16.5. The molecule has 0 bridgehead atoms. The van der Waals surface area contributed by atoms with Crippen LogP contribution in [0.3, 0.4) is 0 Å². The monoisotopic (exact) mass is 377 g/mol. The molecule has 0 unspecified atom stereocenters. The van der Waals surface area contributed by atoms with E-state index in [0.717, 1.165) is 33.6 Å². The van der Waals surface area contributed by atoms with Gasteiger partial charge in [0, 0.05) is 18.2 Å². The quantitative estimate of drug-likeness (QED) is 0.387. The lowest BCUT2D eigenvalue weighted by molar-refractivity contribution is -0.575. The zero-order valence-corrected chi connectivity index (χ0v) is 16.5. The van der Waals surface area contributed by atoms with Crippen LogP contribution in [-0.2, 0) is 6.54 Å². The maximum absolute atomic E-state index is 12.5. The molecule has 0 saturated heterocycles. The van der Waals surface area contributed by atoms with Crippen molar-refractivity contribution in [1.82, 2.24) is 9.55 Å². The number of pyridine rings is 1. The van der Waals surface area contributed by atoms with Crippen molar-refractivity contribution in [2.45, 2.75) is 20.4 Å². The predicted molar refractivity (Wildman–Crippen MR) is 110 cm³/mol. The van der Waals surface area contributed by atoms with E-state index in [-0.39, 0.29) is 0 Å². The van der Waals surface area contributed by atoms with Crippen molar-refractivity contribution >= 4 is 21.9 Å². The number of hydrogen-bond acceptors (Lipinski definition) is 4. The maximum Gasteiger partial charge on any atom is 0.226 e. The van der Waals surface area contributed by atoms with Gasteiger partial charge in [-0.15, -0.1) is 0 Å². The molecule has 0 spiro atoms. The molecule has 4 aromatic rings. The average Bonchev–Trinajstić information content (AvgIpc) is 3.05. The molecule has 0 radical (unpaired) electrons. The summed E-state index contributed by atoms with van der Waals surface area (Å²) in [5.74, 6) is 2.53. The molecule has 0 saturated carbocycles. The van der Waals surface area contributed by atoms with Crippen LogP contribution in [0, 0.1) is 11.1 Å². The highest BCUT2D eigenvalue weighted by atomic mass is 16.5. The molecule has 2 heterocycles. The second kappa shape index (κ2) is 7.03. The lowest BCUT2D eigenvalue weighted by atomic mass is 10.1. The van der Waals surface area contributed by atoms with Crippen LogP contribution >= 0.6 is 0 Å². The van der Waals surface area contributed by atoms with Crippen molar-refractivity contribution in [3.05, 3.63) is 53.9 Å². The number of rotatable bonds is 5. The number of nitrogens with zero attached hydrogens (tertiary/aromatic N) is 3. The van der Waals surface area contributed by atoms with E-state index in [1.807, 2.05) is 42.5 Å². The molecule has 0 atom stereocenters. The molecule has 6 heteroatoms. The number of fused-ring (bicyclic) bond motifs is 3. The first-order valence-electron chi connectivity index (χ1n) is 9.27. The number of para-hydroxylation sites is 1. The minimum Gasteiger partial charge on any atom is -0.618 e. The second-order valence-electron chi connectivity index (χ2n) is 7.22. The molecule has 2 aromatic carbocycles. The molecular weight excluding hydrogens is 354 g/mol. The Morgan fingerprint density at radius 1 is 1.07 bits per heavy atom. The van der Waals surface area contributed by atoms with Gasteiger partial charge in [0.25, 0.3) is 0 Å². The van der Waals surface area contributed by atoms with Gasteiger partial charge in [-0.1, -0.05) is 26.0 Å². The number of imidazole rings is 1. The Hall–Kier alpha value is -3.28. The van der Waals surface area contributed by atoms with Crippen LogP contribution in [0.25, 0.3) is 33.3 Å². The van der Waals surface area contributed by atoms with Gasteiger partial charge >= 0.3 is 0 Å². The van der Waals surface area contributed by atoms with Crippen molar-refractivity contribution in [2.75, 3.05) is 14.2 Å². The number of benzene rings is 2. The highest BCUT2D eigenvalue weighted by Crippen LogP contribution is 2.35. The number of hydrogen-bond donors (Lipinski definition) is 0. The fourth-order valence-corrected chi connectivity index (χ4v) is 3.63. The molecule has 144 valence electrons. The zero-order chi connectivity index (χ0) is 19.8. The van der Waals surface area contributed by atoms with E-state index >= 15 is 0 Å². The van der Waals surface area contributed by atoms with E-state index in [4.69, 9.17) is 14.5 Å². The van der Waals surface area contributed by atoms with Gasteiger partial charge in [-0.2, -0.15) is 4.73 Å². The Morgan fingerprint density at radius 3 is 2.54 bits per heavy atom. The third-order valence-electron chi connectivity index (χ3n) is 4.82. The summed E-state index contributed by atoms with van der Waals surface area (Å²) in [6, 6.07) is 13.4. The molecule has 6 nitrogen and oxygen atoms in total. The van der Waals surface area contributed by atoms with Crippen LogP contribution in [0.5, 0.6) is 11.5 Å². The summed E-state index contributed by atoms with van der Waals surface area (Å²) >= 11 is 0. The molecule has 4 rings (SSSR count). The van der Waals surface area contributed by atoms with Gasteiger partial charge in [0.1, 0.15) is 5.82 Å². The smallest absolute Gasteiger partial charge is 0.226 e. The van der Waals surface area contributed by atoms with E-state index in [9.17, 15) is 5.21 Å². The van der Waals surface area contributed by atoms with E-state index in [2.05, 4.69) is 18.4 Å². The Balaban J connectivity index is 2.05. The highest BCUT2D eigenvalue weighted by molar-refractivity contribution is 6.01. The van der Waals surface area contributed by atoms with E-state index in [1.54, 1.807) is 20.4 Å². The second-order valence-corrected chi connectivity index (χ2v) is 7.22. The standard InChI is InChI=1S/C22H23N3O3/c1-14(2)12-24-21-16-7-5-6-8-18(16)25(26)13-17(21)23-22(24)15-9-10-19(27-3)20(11-15)28-4/h5-11,13-14H,12H2,1-4H3. The van der Waals surface area contributed by atoms with Crippen LogP contribution in [0.4, 0.5) is 0 Å². The van der Waals surface area contributed by atoms with Gasteiger partial charge in [0.2, 0.25) is 11.7 Å². The van der Waals surface area contributed by atoms with Crippen molar-refractivity contribution in [3.63, 3.8) is 0 Å². The fourth-order valence-electron chi connectivity index (χ4n) is 3.63. The predicted octanol–water partition coefficient (Wildman–Crippen LogP) is 4.16. The van der Waals surface area contributed by atoms with Gasteiger partial charge in [-0.05, 0) is 30.2 Å². The van der Waals surface area contributed by atoms with Gasteiger partial charge in [0.05, 0.1) is 25.1 Å². The first kappa shape index (κ1) is 18.1. The molecule has 28 heavy (non-hydrogen) atoms. The van der Waals surface area contributed by atoms with Crippen LogP contribution in [0.2, 0.25) is 0 Å². The lowest BCUT2D eigenvalue weighted by Gasteiger charge is -2.14. The first-order valence-corrected chi connectivity index (χ1v) is 9.27. The summed E-state index contributed by atoms with van der Waals surface area (Å²) < 4.78 is 13.9. The van der Waals surface area contributed by atoms with Gasteiger partial charge < -0.3 is 19.2 Å². The molecule has 0 amide bonds. The van der Waals surface area contributed by atoms with Crippen LogP contribution in [0.1, 0.15) is 13.8 Å². The summed E-state index contributed by atoms with van der Waals surface area (Å²) in [4.78, 5) is 4.82.